The Morgan fingerprint density at radius 2 is 2.00 bits per heavy atom. The molecule has 8 nitrogen and oxygen atoms in total. The molecule has 0 bridgehead atoms. The van der Waals surface area contributed by atoms with E-state index in [1.807, 2.05) is 50.2 Å². The zero-order chi connectivity index (χ0) is 23.4. The Hall–Kier alpha value is -3.78. The predicted octanol–water partition coefficient (Wildman–Crippen LogP) is 3.26. The lowest BCUT2D eigenvalue weighted by Crippen LogP contribution is -2.26. The lowest BCUT2D eigenvalue weighted by molar-refractivity contribution is -0.119. The number of carbonyl (C=O) groups excluding carboxylic acids is 1. The van der Waals surface area contributed by atoms with Gasteiger partial charge >= 0.3 is 0 Å². The molecule has 0 unspecified atom stereocenters. The van der Waals surface area contributed by atoms with Crippen LogP contribution in [0.3, 0.4) is 0 Å². The lowest BCUT2D eigenvalue weighted by Gasteiger charge is -2.25. The van der Waals surface area contributed by atoms with Crippen LogP contribution in [0.4, 0.5) is 11.5 Å². The molecule has 1 amide bonds. The number of anilines is 2. The standard InChI is InChI=1S/C26H26N6O2/c1-26(2)19-9-8-16(12-20(19)28-25(26)34)13-22-29-24-23(27-10-11-32(24)30-22)31-15-18(33)14-21(31)17-6-4-3-5-7-17/h3-12,18,21,33H,13-15H2,1-2H3,(H,28,34)/t18-,21+/m0/s1. The van der Waals surface area contributed by atoms with Gasteiger partial charge in [-0.25, -0.2) is 14.5 Å². The first-order chi connectivity index (χ1) is 16.4. The van der Waals surface area contributed by atoms with Crippen LogP contribution in [0.15, 0.2) is 60.9 Å². The molecule has 2 aromatic carbocycles. The van der Waals surface area contributed by atoms with Crippen molar-refractivity contribution < 1.29 is 9.90 Å². The molecule has 2 aromatic heterocycles. The Morgan fingerprint density at radius 1 is 1.18 bits per heavy atom. The SMILES string of the molecule is CC1(C)C(=O)Nc2cc(Cc3nc4c(N5C[C@@H](O)C[C@@H]5c5ccccc5)nccn4n3)ccc21. The normalized spacial score (nSPS) is 21.1. The minimum atomic E-state index is -0.522. The molecule has 0 spiro atoms. The first kappa shape index (κ1) is 20.8. The maximum Gasteiger partial charge on any atom is 0.234 e. The van der Waals surface area contributed by atoms with Crippen molar-refractivity contribution in [2.24, 2.45) is 0 Å². The second-order valence-electron chi connectivity index (χ2n) is 9.65. The van der Waals surface area contributed by atoms with Gasteiger partial charge in [0.2, 0.25) is 5.91 Å². The third kappa shape index (κ3) is 3.33. The Labute approximate surface area is 197 Å². The minimum absolute atomic E-state index is 0.0157. The fourth-order valence-corrected chi connectivity index (χ4v) is 5.10. The maximum atomic E-state index is 12.3. The van der Waals surface area contributed by atoms with E-state index in [0.29, 0.717) is 30.9 Å². The van der Waals surface area contributed by atoms with Gasteiger partial charge < -0.3 is 15.3 Å². The zero-order valence-corrected chi connectivity index (χ0v) is 19.1. The molecule has 8 heteroatoms. The summed E-state index contributed by atoms with van der Waals surface area (Å²) in [4.78, 5) is 23.9. The first-order valence-electron chi connectivity index (χ1n) is 11.5. The Morgan fingerprint density at radius 3 is 2.82 bits per heavy atom. The van der Waals surface area contributed by atoms with Gasteiger partial charge in [-0.1, -0.05) is 42.5 Å². The molecule has 172 valence electrons. The van der Waals surface area contributed by atoms with Crippen LogP contribution in [0.2, 0.25) is 0 Å². The second-order valence-corrected chi connectivity index (χ2v) is 9.65. The summed E-state index contributed by atoms with van der Waals surface area (Å²) in [5, 5.41) is 18.1. The van der Waals surface area contributed by atoms with Gasteiger partial charge in [0.1, 0.15) is 0 Å². The van der Waals surface area contributed by atoms with Crippen LogP contribution in [-0.2, 0) is 16.6 Å². The first-order valence-corrected chi connectivity index (χ1v) is 11.5. The van der Waals surface area contributed by atoms with Crippen LogP contribution in [0.1, 0.15) is 48.8 Å². The van der Waals surface area contributed by atoms with E-state index >= 15 is 0 Å². The quantitative estimate of drug-likeness (QED) is 0.492. The average Bonchev–Trinajstić information content (AvgIpc) is 3.47. The molecule has 0 radical (unpaired) electrons. The number of β-amino-alcohol motifs (C(OH)–C–C–N with tert-alkyl or cyclic N) is 1. The summed E-state index contributed by atoms with van der Waals surface area (Å²) in [6.07, 6.45) is 4.27. The molecule has 4 aromatic rings. The van der Waals surface area contributed by atoms with Crippen molar-refractivity contribution in [2.45, 2.75) is 44.2 Å². The molecule has 1 fully saturated rings. The fourth-order valence-electron chi connectivity index (χ4n) is 5.10. The highest BCUT2D eigenvalue weighted by Gasteiger charge is 2.38. The van der Waals surface area contributed by atoms with Crippen LogP contribution in [0, 0.1) is 0 Å². The van der Waals surface area contributed by atoms with Crippen LogP contribution in [-0.4, -0.2) is 43.2 Å². The predicted molar refractivity (Wildman–Crippen MR) is 129 cm³/mol. The molecule has 2 aliphatic rings. The summed E-state index contributed by atoms with van der Waals surface area (Å²) < 4.78 is 1.75. The van der Waals surface area contributed by atoms with Crippen molar-refractivity contribution in [3.05, 3.63) is 83.4 Å². The molecule has 0 saturated carbocycles. The molecular formula is C26H26N6O2. The molecule has 6 rings (SSSR count). The molecule has 0 aliphatic carbocycles. The van der Waals surface area contributed by atoms with Crippen molar-refractivity contribution in [3.63, 3.8) is 0 Å². The van der Waals surface area contributed by atoms with Crippen molar-refractivity contribution in [2.75, 3.05) is 16.8 Å². The number of rotatable bonds is 4. The van der Waals surface area contributed by atoms with Gasteiger partial charge in [0.05, 0.1) is 17.6 Å². The number of hydrogen-bond donors (Lipinski definition) is 2. The van der Waals surface area contributed by atoms with Crippen LogP contribution in [0.5, 0.6) is 0 Å². The number of hydrogen-bond acceptors (Lipinski definition) is 6. The maximum absolute atomic E-state index is 12.3. The summed E-state index contributed by atoms with van der Waals surface area (Å²) in [5.41, 5.74) is 4.19. The smallest absolute Gasteiger partial charge is 0.234 e. The Bertz CT molecular complexity index is 1400. The van der Waals surface area contributed by atoms with E-state index in [1.165, 1.54) is 0 Å². The van der Waals surface area contributed by atoms with Gasteiger partial charge in [0, 0.05) is 31.0 Å². The Kier molecular flexibility index (Phi) is 4.67. The number of amides is 1. The van der Waals surface area contributed by atoms with E-state index in [-0.39, 0.29) is 11.9 Å². The number of aliphatic hydroxyl groups excluding tert-OH is 1. The number of nitrogens with one attached hydrogen (secondary N) is 1. The van der Waals surface area contributed by atoms with Gasteiger partial charge in [0.15, 0.2) is 17.3 Å². The van der Waals surface area contributed by atoms with Gasteiger partial charge in [-0.05, 0) is 43.0 Å². The number of carbonyl (C=O) groups is 1. The molecule has 2 aliphatic heterocycles. The number of aliphatic hydroxyl groups is 1. The van der Waals surface area contributed by atoms with E-state index in [2.05, 4.69) is 32.4 Å². The van der Waals surface area contributed by atoms with E-state index in [4.69, 9.17) is 4.98 Å². The minimum Gasteiger partial charge on any atom is -0.391 e. The Balaban J connectivity index is 1.33. The van der Waals surface area contributed by atoms with Gasteiger partial charge in [-0.2, -0.15) is 5.10 Å². The second kappa shape index (κ2) is 7.63. The van der Waals surface area contributed by atoms with Crippen molar-refractivity contribution in [1.82, 2.24) is 19.6 Å². The van der Waals surface area contributed by atoms with Gasteiger partial charge in [-0.15, -0.1) is 0 Å². The lowest BCUT2D eigenvalue weighted by atomic mass is 9.86. The third-order valence-corrected chi connectivity index (χ3v) is 6.95. The average molecular weight is 455 g/mol. The molecule has 2 N–H and O–H groups in total. The molecule has 2 atom stereocenters. The summed E-state index contributed by atoms with van der Waals surface area (Å²) in [6.45, 7) is 4.36. The highest BCUT2D eigenvalue weighted by atomic mass is 16.3. The van der Waals surface area contributed by atoms with E-state index in [1.54, 1.807) is 16.9 Å². The number of fused-ring (bicyclic) bond motifs is 2. The highest BCUT2D eigenvalue weighted by Crippen LogP contribution is 2.38. The van der Waals surface area contributed by atoms with Crippen molar-refractivity contribution in [3.8, 4) is 0 Å². The summed E-state index contributed by atoms with van der Waals surface area (Å²) in [7, 11) is 0. The van der Waals surface area contributed by atoms with Crippen LogP contribution in [0.25, 0.3) is 5.65 Å². The third-order valence-electron chi connectivity index (χ3n) is 6.95. The van der Waals surface area contributed by atoms with Gasteiger partial charge in [0.25, 0.3) is 0 Å². The van der Waals surface area contributed by atoms with Crippen LogP contribution >= 0.6 is 0 Å². The zero-order valence-electron chi connectivity index (χ0n) is 19.1. The number of aromatic nitrogens is 4. The molecule has 1 saturated heterocycles. The van der Waals surface area contributed by atoms with E-state index in [0.717, 1.165) is 28.2 Å². The molecule has 4 heterocycles. The summed E-state index contributed by atoms with van der Waals surface area (Å²) >= 11 is 0. The van der Waals surface area contributed by atoms with E-state index in [9.17, 15) is 9.90 Å². The molecule has 34 heavy (non-hydrogen) atoms. The highest BCUT2D eigenvalue weighted by molar-refractivity contribution is 6.05. The number of benzene rings is 2. The van der Waals surface area contributed by atoms with Crippen molar-refractivity contribution >= 4 is 23.1 Å². The molecular weight excluding hydrogens is 428 g/mol. The topological polar surface area (TPSA) is 95.7 Å². The van der Waals surface area contributed by atoms with E-state index < -0.39 is 11.5 Å². The van der Waals surface area contributed by atoms with Crippen molar-refractivity contribution in [1.29, 1.82) is 0 Å². The van der Waals surface area contributed by atoms with Crippen LogP contribution < -0.4 is 10.2 Å². The largest absolute Gasteiger partial charge is 0.391 e. The monoisotopic (exact) mass is 454 g/mol. The fraction of sp³-hybridized carbons (Fsp3) is 0.308. The summed E-state index contributed by atoms with van der Waals surface area (Å²) in [5.74, 6) is 1.41. The number of nitrogens with zero attached hydrogens (tertiary/aromatic N) is 5. The van der Waals surface area contributed by atoms with Gasteiger partial charge in [-0.3, -0.25) is 4.79 Å². The summed E-state index contributed by atoms with van der Waals surface area (Å²) in [6, 6.07) is 16.3.